The van der Waals surface area contributed by atoms with Gasteiger partial charge in [-0.2, -0.15) is 0 Å². The highest BCUT2D eigenvalue weighted by Gasteiger charge is 2.09. The van der Waals surface area contributed by atoms with E-state index in [-0.39, 0.29) is 0 Å². The van der Waals surface area contributed by atoms with Gasteiger partial charge in [-0.15, -0.1) is 0 Å². The van der Waals surface area contributed by atoms with E-state index in [0.717, 1.165) is 22.5 Å². The topological polar surface area (TPSA) is 42.4 Å². The Morgan fingerprint density at radius 1 is 1.21 bits per heavy atom. The maximum atomic E-state index is 9.77. The first kappa shape index (κ1) is 13.6. The first-order valence-corrected chi connectivity index (χ1v) is 6.40. The highest BCUT2D eigenvalue weighted by molar-refractivity contribution is 5.38. The molecule has 0 amide bonds. The maximum Gasteiger partial charge on any atom is 0.130 e. The number of nitrogens with zero attached hydrogens (tertiary/aromatic N) is 1. The molecule has 1 aromatic carbocycles. The van der Waals surface area contributed by atoms with Crippen LogP contribution in [0.5, 0.6) is 5.75 Å². The maximum absolute atomic E-state index is 9.77. The van der Waals surface area contributed by atoms with E-state index in [9.17, 15) is 5.11 Å². The third-order valence-electron chi connectivity index (χ3n) is 2.94. The standard InChI is InChI=1S/C16H19NO2/c1-11-7-8-16(15(9-11)13(3)18)19-10-14-6-4-5-12(2)17-14/h4-9,13,18H,10H2,1-3H3/t13-/m0/s1. The van der Waals surface area contributed by atoms with Crippen molar-refractivity contribution in [2.75, 3.05) is 0 Å². The average molecular weight is 257 g/mol. The van der Waals surface area contributed by atoms with E-state index in [1.807, 2.05) is 50.2 Å². The van der Waals surface area contributed by atoms with Gasteiger partial charge in [-0.1, -0.05) is 17.7 Å². The highest BCUT2D eigenvalue weighted by Crippen LogP contribution is 2.26. The van der Waals surface area contributed by atoms with Crippen molar-refractivity contribution >= 4 is 0 Å². The smallest absolute Gasteiger partial charge is 0.130 e. The molecule has 0 saturated heterocycles. The fourth-order valence-electron chi connectivity index (χ4n) is 1.96. The quantitative estimate of drug-likeness (QED) is 0.913. The molecule has 3 heteroatoms. The molecule has 0 aliphatic carbocycles. The third kappa shape index (κ3) is 3.55. The lowest BCUT2D eigenvalue weighted by atomic mass is 10.1. The van der Waals surface area contributed by atoms with Crippen LogP contribution in [0, 0.1) is 13.8 Å². The number of aliphatic hydroxyl groups excluding tert-OH is 1. The number of hydrogen-bond donors (Lipinski definition) is 1. The van der Waals surface area contributed by atoms with Crippen LogP contribution in [-0.4, -0.2) is 10.1 Å². The summed E-state index contributed by atoms with van der Waals surface area (Å²) in [7, 11) is 0. The number of aromatic nitrogens is 1. The number of rotatable bonds is 4. The van der Waals surface area contributed by atoms with Crippen LogP contribution in [-0.2, 0) is 6.61 Å². The second-order valence-electron chi connectivity index (χ2n) is 4.78. The number of aryl methyl sites for hydroxylation is 2. The summed E-state index contributed by atoms with van der Waals surface area (Å²) in [6, 6.07) is 11.7. The van der Waals surface area contributed by atoms with Crippen molar-refractivity contribution in [1.29, 1.82) is 0 Å². The monoisotopic (exact) mass is 257 g/mol. The van der Waals surface area contributed by atoms with Gasteiger partial charge in [-0.25, -0.2) is 0 Å². The molecule has 0 aliphatic rings. The van der Waals surface area contributed by atoms with Gasteiger partial charge >= 0.3 is 0 Å². The summed E-state index contributed by atoms with van der Waals surface area (Å²) < 4.78 is 5.77. The lowest BCUT2D eigenvalue weighted by molar-refractivity contribution is 0.189. The molecule has 0 fully saturated rings. The van der Waals surface area contributed by atoms with Crippen LogP contribution >= 0.6 is 0 Å². The Morgan fingerprint density at radius 3 is 2.68 bits per heavy atom. The normalized spacial score (nSPS) is 12.2. The first-order chi connectivity index (χ1) is 9.06. The molecule has 0 aliphatic heterocycles. The Morgan fingerprint density at radius 2 is 2.00 bits per heavy atom. The Kier molecular flexibility index (Phi) is 4.17. The van der Waals surface area contributed by atoms with E-state index >= 15 is 0 Å². The van der Waals surface area contributed by atoms with Crippen molar-refractivity contribution in [3.8, 4) is 5.75 Å². The zero-order valence-electron chi connectivity index (χ0n) is 11.6. The lowest BCUT2D eigenvalue weighted by Gasteiger charge is -2.14. The second kappa shape index (κ2) is 5.85. The van der Waals surface area contributed by atoms with Gasteiger partial charge < -0.3 is 9.84 Å². The molecule has 1 N–H and O–H groups in total. The molecule has 0 unspecified atom stereocenters. The fourth-order valence-corrected chi connectivity index (χ4v) is 1.96. The van der Waals surface area contributed by atoms with Crippen molar-refractivity contribution in [3.05, 3.63) is 58.9 Å². The molecule has 3 nitrogen and oxygen atoms in total. The van der Waals surface area contributed by atoms with Crippen molar-refractivity contribution in [1.82, 2.24) is 4.98 Å². The van der Waals surface area contributed by atoms with E-state index < -0.39 is 6.10 Å². The van der Waals surface area contributed by atoms with Crippen LogP contribution in [0.25, 0.3) is 0 Å². The highest BCUT2D eigenvalue weighted by atomic mass is 16.5. The molecule has 0 spiro atoms. The van der Waals surface area contributed by atoms with Crippen LogP contribution < -0.4 is 4.74 Å². The summed E-state index contributed by atoms with van der Waals surface area (Å²) in [5, 5.41) is 9.77. The Balaban J connectivity index is 2.15. The van der Waals surface area contributed by atoms with Crippen LogP contribution in [0.15, 0.2) is 36.4 Å². The van der Waals surface area contributed by atoms with E-state index in [2.05, 4.69) is 4.98 Å². The van der Waals surface area contributed by atoms with Gasteiger partial charge in [0, 0.05) is 11.3 Å². The van der Waals surface area contributed by atoms with E-state index in [1.165, 1.54) is 0 Å². The molecule has 1 aromatic heterocycles. The number of benzene rings is 1. The molecule has 2 aromatic rings. The van der Waals surface area contributed by atoms with Crippen molar-refractivity contribution in [3.63, 3.8) is 0 Å². The summed E-state index contributed by atoms with van der Waals surface area (Å²) in [4.78, 5) is 4.39. The molecule has 0 radical (unpaired) electrons. The minimum absolute atomic E-state index is 0.407. The molecule has 1 atom stereocenters. The van der Waals surface area contributed by atoms with Gasteiger partial charge in [-0.3, -0.25) is 4.98 Å². The van der Waals surface area contributed by atoms with Crippen LogP contribution in [0.4, 0.5) is 0 Å². The minimum Gasteiger partial charge on any atom is -0.487 e. The summed E-state index contributed by atoms with van der Waals surface area (Å²) >= 11 is 0. The number of pyridine rings is 1. The second-order valence-corrected chi connectivity index (χ2v) is 4.78. The molecular formula is C16H19NO2. The van der Waals surface area contributed by atoms with Gasteiger partial charge in [0.1, 0.15) is 12.4 Å². The molecule has 0 bridgehead atoms. The van der Waals surface area contributed by atoms with Crippen LogP contribution in [0.1, 0.15) is 35.5 Å². The summed E-state index contributed by atoms with van der Waals surface area (Å²) in [5.74, 6) is 0.712. The third-order valence-corrected chi connectivity index (χ3v) is 2.94. The molecule has 19 heavy (non-hydrogen) atoms. The van der Waals surface area contributed by atoms with E-state index in [0.29, 0.717) is 12.4 Å². The van der Waals surface area contributed by atoms with E-state index in [4.69, 9.17) is 4.74 Å². The van der Waals surface area contributed by atoms with Gasteiger partial charge in [0.05, 0.1) is 11.8 Å². The predicted molar refractivity (Wildman–Crippen MR) is 75.1 cm³/mol. The zero-order valence-corrected chi connectivity index (χ0v) is 11.6. The summed E-state index contributed by atoms with van der Waals surface area (Å²) in [6.45, 7) is 6.10. The Hall–Kier alpha value is -1.87. The molecule has 100 valence electrons. The van der Waals surface area contributed by atoms with Gasteiger partial charge in [0.25, 0.3) is 0 Å². The Bertz CT molecular complexity index is 564. The fraction of sp³-hybridized carbons (Fsp3) is 0.312. The first-order valence-electron chi connectivity index (χ1n) is 6.40. The number of aliphatic hydroxyl groups is 1. The van der Waals surface area contributed by atoms with Gasteiger partial charge in [-0.05, 0) is 45.0 Å². The summed E-state index contributed by atoms with van der Waals surface area (Å²) in [5.41, 5.74) is 3.78. The van der Waals surface area contributed by atoms with Crippen LogP contribution in [0.2, 0.25) is 0 Å². The average Bonchev–Trinajstić information content (AvgIpc) is 2.37. The van der Waals surface area contributed by atoms with Crippen LogP contribution in [0.3, 0.4) is 0 Å². The van der Waals surface area contributed by atoms with Gasteiger partial charge in [0.15, 0.2) is 0 Å². The molecule has 2 rings (SSSR count). The Labute approximate surface area is 113 Å². The largest absolute Gasteiger partial charge is 0.487 e. The molecule has 1 heterocycles. The summed E-state index contributed by atoms with van der Waals surface area (Å²) in [6.07, 6.45) is -0.541. The molecule has 0 saturated carbocycles. The zero-order chi connectivity index (χ0) is 13.8. The molecular weight excluding hydrogens is 238 g/mol. The minimum atomic E-state index is -0.541. The van der Waals surface area contributed by atoms with Crippen molar-refractivity contribution in [2.24, 2.45) is 0 Å². The van der Waals surface area contributed by atoms with Crippen molar-refractivity contribution in [2.45, 2.75) is 33.5 Å². The predicted octanol–water partition coefficient (Wildman–Crippen LogP) is 3.33. The number of ether oxygens (including phenoxy) is 1. The number of hydrogen-bond acceptors (Lipinski definition) is 3. The van der Waals surface area contributed by atoms with Gasteiger partial charge in [0.2, 0.25) is 0 Å². The van der Waals surface area contributed by atoms with E-state index in [1.54, 1.807) is 6.92 Å². The SMILES string of the molecule is Cc1ccc(OCc2cccc(C)n2)c([C@H](C)O)c1. The van der Waals surface area contributed by atoms with Crippen molar-refractivity contribution < 1.29 is 9.84 Å². The lowest BCUT2D eigenvalue weighted by Crippen LogP contribution is -2.03.